The summed E-state index contributed by atoms with van der Waals surface area (Å²) in [7, 11) is -1.59. The first-order valence-corrected chi connectivity index (χ1v) is 13.6. The summed E-state index contributed by atoms with van der Waals surface area (Å²) in [6, 6.07) is 13.8. The number of rotatable bonds is 5. The van der Waals surface area contributed by atoms with E-state index in [0.717, 1.165) is 22.4 Å². The van der Waals surface area contributed by atoms with Crippen LogP contribution in [0.2, 0.25) is 0 Å². The number of ether oxygens (including phenoxy) is 1. The number of aromatic hydroxyl groups is 1. The minimum Gasteiger partial charge on any atom is -0.508 e. The lowest BCUT2D eigenvalue weighted by atomic mass is 10.0. The summed E-state index contributed by atoms with van der Waals surface area (Å²) in [4.78, 5) is 32.2. The molecule has 2 aliphatic rings. The fourth-order valence-electron chi connectivity index (χ4n) is 4.87. The van der Waals surface area contributed by atoms with Gasteiger partial charge in [0.1, 0.15) is 5.75 Å². The van der Waals surface area contributed by atoms with Crippen LogP contribution in [0.3, 0.4) is 0 Å². The lowest BCUT2D eigenvalue weighted by Gasteiger charge is -2.23. The molecular formula is C27H26N2O6S. The molecule has 1 aliphatic heterocycles. The first-order valence-electron chi connectivity index (χ1n) is 11.8. The third-order valence-electron chi connectivity index (χ3n) is 6.86. The van der Waals surface area contributed by atoms with E-state index in [0.29, 0.717) is 35.7 Å². The van der Waals surface area contributed by atoms with Crippen LogP contribution in [0.15, 0.2) is 48.5 Å². The molecule has 1 saturated heterocycles. The van der Waals surface area contributed by atoms with Crippen molar-refractivity contribution >= 4 is 44.3 Å². The van der Waals surface area contributed by atoms with Crippen LogP contribution in [0.25, 0.3) is 22.6 Å². The van der Waals surface area contributed by atoms with Crippen LogP contribution in [0.1, 0.15) is 40.0 Å². The van der Waals surface area contributed by atoms with Crippen molar-refractivity contribution in [1.82, 2.24) is 9.88 Å². The third-order valence-corrected chi connectivity index (χ3v) is 8.61. The van der Waals surface area contributed by atoms with Crippen LogP contribution in [0.4, 0.5) is 0 Å². The Bertz CT molecular complexity index is 1490. The summed E-state index contributed by atoms with van der Waals surface area (Å²) in [5.74, 6) is -0.857. The highest BCUT2D eigenvalue weighted by Gasteiger charge is 2.33. The van der Waals surface area contributed by atoms with Gasteiger partial charge in [-0.05, 0) is 60.2 Å². The predicted octanol–water partition coefficient (Wildman–Crippen LogP) is 3.23. The Labute approximate surface area is 209 Å². The van der Waals surface area contributed by atoms with Gasteiger partial charge in [-0.25, -0.2) is 18.2 Å². The number of carbonyl (C=O) groups is 2. The Hall–Kier alpha value is -3.72. The topological polar surface area (TPSA) is 114 Å². The summed E-state index contributed by atoms with van der Waals surface area (Å²) in [6.07, 6.45) is 3.68. The minimum atomic E-state index is -3.14. The number of carbonyl (C=O) groups excluding carboxylic acids is 2. The number of amides is 1. The van der Waals surface area contributed by atoms with E-state index < -0.39 is 34.4 Å². The average molecular weight is 507 g/mol. The number of pyridine rings is 1. The first kappa shape index (κ1) is 24.0. The van der Waals surface area contributed by atoms with E-state index >= 15 is 0 Å². The van der Waals surface area contributed by atoms with Gasteiger partial charge in [0.2, 0.25) is 0 Å². The van der Waals surface area contributed by atoms with Crippen molar-refractivity contribution in [1.29, 1.82) is 0 Å². The Morgan fingerprint density at radius 2 is 1.89 bits per heavy atom. The molecule has 1 amide bonds. The number of phenols is 1. The van der Waals surface area contributed by atoms with E-state index in [1.165, 1.54) is 4.90 Å². The van der Waals surface area contributed by atoms with E-state index in [9.17, 15) is 23.1 Å². The van der Waals surface area contributed by atoms with Crippen LogP contribution in [0.5, 0.6) is 5.75 Å². The van der Waals surface area contributed by atoms with E-state index in [2.05, 4.69) is 0 Å². The van der Waals surface area contributed by atoms with E-state index in [4.69, 9.17) is 9.72 Å². The maximum absolute atomic E-state index is 13.3. The molecule has 1 aromatic heterocycles. The van der Waals surface area contributed by atoms with E-state index in [1.54, 1.807) is 19.2 Å². The summed E-state index contributed by atoms with van der Waals surface area (Å²) in [6.45, 7) is -0.465. The van der Waals surface area contributed by atoms with E-state index in [1.807, 2.05) is 42.5 Å². The Morgan fingerprint density at radius 3 is 2.61 bits per heavy atom. The summed E-state index contributed by atoms with van der Waals surface area (Å²) in [5, 5.41) is 10.2. The molecular weight excluding hydrogens is 480 g/mol. The van der Waals surface area contributed by atoms with E-state index in [-0.39, 0.29) is 17.3 Å². The molecule has 2 aromatic carbocycles. The normalized spacial score (nSPS) is 19.4. The molecule has 1 aliphatic carbocycles. The molecule has 0 bridgehead atoms. The molecule has 186 valence electrons. The SMILES string of the molecule is CN(C(=O)COC(=O)c1c2c(nc3ccccc13)C(=Cc1ccc(O)cc1)CC2)C1CCS(=O)(=O)C1. The largest absolute Gasteiger partial charge is 0.508 e. The number of fused-ring (bicyclic) bond motifs is 2. The quantitative estimate of drug-likeness (QED) is 0.529. The van der Waals surface area contributed by atoms with Crippen LogP contribution in [-0.2, 0) is 25.8 Å². The number of likely N-dealkylation sites (N-methyl/N-ethyl adjacent to an activating group) is 1. The number of benzene rings is 2. The lowest BCUT2D eigenvalue weighted by Crippen LogP contribution is -2.40. The lowest BCUT2D eigenvalue weighted by molar-refractivity contribution is -0.134. The zero-order valence-corrected chi connectivity index (χ0v) is 20.6. The van der Waals surface area contributed by atoms with Gasteiger partial charge < -0.3 is 14.7 Å². The van der Waals surface area contributed by atoms with Gasteiger partial charge in [-0.3, -0.25) is 4.79 Å². The number of hydrogen-bond acceptors (Lipinski definition) is 7. The fraction of sp³-hybridized carbons (Fsp3) is 0.296. The minimum absolute atomic E-state index is 0.0597. The van der Waals surface area contributed by atoms with Gasteiger partial charge in [0.05, 0.1) is 28.3 Å². The highest BCUT2D eigenvalue weighted by atomic mass is 32.2. The van der Waals surface area contributed by atoms with Crippen LogP contribution in [0, 0.1) is 0 Å². The molecule has 3 aromatic rings. The van der Waals surface area contributed by atoms with Crippen LogP contribution < -0.4 is 0 Å². The predicted molar refractivity (Wildman–Crippen MR) is 136 cm³/mol. The molecule has 8 nitrogen and oxygen atoms in total. The number of esters is 1. The first-order chi connectivity index (χ1) is 17.2. The molecule has 2 heterocycles. The molecule has 1 unspecified atom stereocenters. The summed E-state index contributed by atoms with van der Waals surface area (Å²) in [5.41, 5.74) is 4.47. The molecule has 0 spiro atoms. The molecule has 1 atom stereocenters. The van der Waals surface area contributed by atoms with Crippen molar-refractivity contribution in [3.63, 3.8) is 0 Å². The van der Waals surface area contributed by atoms with Crippen molar-refractivity contribution in [2.75, 3.05) is 25.2 Å². The fourth-order valence-corrected chi connectivity index (χ4v) is 6.64. The van der Waals surface area contributed by atoms with Crippen molar-refractivity contribution in [3.8, 4) is 5.75 Å². The molecule has 1 fully saturated rings. The second-order valence-electron chi connectivity index (χ2n) is 9.23. The Kier molecular flexibility index (Phi) is 6.26. The maximum Gasteiger partial charge on any atom is 0.339 e. The number of allylic oxidation sites excluding steroid dienone is 1. The van der Waals surface area contributed by atoms with Crippen molar-refractivity contribution in [2.24, 2.45) is 0 Å². The molecule has 1 N–H and O–H groups in total. The zero-order chi connectivity index (χ0) is 25.4. The van der Waals surface area contributed by atoms with Crippen molar-refractivity contribution in [2.45, 2.75) is 25.3 Å². The smallest absolute Gasteiger partial charge is 0.339 e. The monoisotopic (exact) mass is 506 g/mol. The maximum atomic E-state index is 13.3. The van der Waals surface area contributed by atoms with Crippen molar-refractivity contribution in [3.05, 3.63) is 70.9 Å². The van der Waals surface area contributed by atoms with Gasteiger partial charge in [0.15, 0.2) is 16.4 Å². The number of para-hydroxylation sites is 1. The average Bonchev–Trinajstić information content (AvgIpc) is 3.43. The zero-order valence-electron chi connectivity index (χ0n) is 19.8. The summed E-state index contributed by atoms with van der Waals surface area (Å²) < 4.78 is 29.0. The number of phenolic OH excluding ortho intramolecular Hbond substituents is 1. The number of nitrogens with zero attached hydrogens (tertiary/aromatic N) is 2. The highest BCUT2D eigenvalue weighted by molar-refractivity contribution is 7.91. The number of aromatic nitrogens is 1. The van der Waals surface area contributed by atoms with Gasteiger partial charge in [-0.2, -0.15) is 0 Å². The number of sulfone groups is 1. The van der Waals surface area contributed by atoms with Crippen LogP contribution >= 0.6 is 0 Å². The Morgan fingerprint density at radius 1 is 1.14 bits per heavy atom. The van der Waals surface area contributed by atoms with Crippen LogP contribution in [-0.4, -0.2) is 66.5 Å². The second kappa shape index (κ2) is 9.39. The summed E-state index contributed by atoms with van der Waals surface area (Å²) >= 11 is 0. The van der Waals surface area contributed by atoms with Gasteiger partial charge >= 0.3 is 5.97 Å². The number of hydrogen-bond donors (Lipinski definition) is 1. The highest BCUT2D eigenvalue weighted by Crippen LogP contribution is 2.38. The Balaban J connectivity index is 1.42. The third kappa shape index (κ3) is 4.70. The second-order valence-corrected chi connectivity index (χ2v) is 11.5. The molecule has 0 saturated carbocycles. The van der Waals surface area contributed by atoms with Gasteiger partial charge in [0, 0.05) is 18.5 Å². The molecule has 36 heavy (non-hydrogen) atoms. The van der Waals surface area contributed by atoms with Gasteiger partial charge in [0.25, 0.3) is 5.91 Å². The van der Waals surface area contributed by atoms with Gasteiger partial charge in [-0.1, -0.05) is 30.3 Å². The molecule has 5 rings (SSSR count). The molecule has 9 heteroatoms. The van der Waals surface area contributed by atoms with Crippen molar-refractivity contribution < 1.29 is 27.9 Å². The standard InChI is InChI=1S/C27H26N2O6S/c1-29(19-12-13-36(33,34)16-19)24(31)15-35-27(32)25-21-4-2-3-5-23(21)28-26-18(8-11-22(25)26)14-17-6-9-20(30)10-7-17/h2-7,9-10,14,19,30H,8,11-13,15-16H2,1H3. The van der Waals surface area contributed by atoms with Gasteiger partial charge in [-0.15, -0.1) is 0 Å². The molecule has 0 radical (unpaired) electrons.